The Kier molecular flexibility index (Phi) is 5.59. The van der Waals surface area contributed by atoms with Gasteiger partial charge in [-0.15, -0.1) is 0 Å². The number of anilines is 1. The highest BCUT2D eigenvalue weighted by molar-refractivity contribution is 6.02. The molecule has 0 atom stereocenters. The summed E-state index contributed by atoms with van der Waals surface area (Å²) in [5.74, 6) is 0.381. The fourth-order valence-corrected chi connectivity index (χ4v) is 3.66. The van der Waals surface area contributed by atoms with E-state index in [1.807, 2.05) is 11.9 Å². The van der Waals surface area contributed by atoms with Crippen LogP contribution in [0.4, 0.5) is 5.69 Å². The average molecular weight is 358 g/mol. The van der Waals surface area contributed by atoms with Crippen LogP contribution < -0.4 is 9.64 Å². The van der Waals surface area contributed by atoms with Crippen molar-refractivity contribution < 1.29 is 19.1 Å². The van der Waals surface area contributed by atoms with Crippen LogP contribution in [0, 0.1) is 0 Å². The first-order valence-electron chi connectivity index (χ1n) is 9.29. The minimum absolute atomic E-state index is 0.0127. The normalized spacial score (nSPS) is 17.5. The predicted octanol–water partition coefficient (Wildman–Crippen LogP) is 2.80. The van der Waals surface area contributed by atoms with Gasteiger partial charge in [-0.05, 0) is 31.0 Å². The first-order chi connectivity index (χ1) is 12.5. The molecule has 1 saturated carbocycles. The Hall–Kier alpha value is -2.37. The van der Waals surface area contributed by atoms with Crippen molar-refractivity contribution >= 4 is 23.3 Å². The summed E-state index contributed by atoms with van der Waals surface area (Å²) in [6.45, 7) is 0.0127. The van der Waals surface area contributed by atoms with Gasteiger partial charge in [0.15, 0.2) is 12.4 Å². The Balaban J connectivity index is 1.60. The molecule has 1 aliphatic carbocycles. The number of ketones is 1. The summed E-state index contributed by atoms with van der Waals surface area (Å²) in [5.41, 5.74) is 1.10. The van der Waals surface area contributed by atoms with Crippen molar-refractivity contribution in [2.24, 2.45) is 0 Å². The van der Waals surface area contributed by atoms with Crippen molar-refractivity contribution in [3.05, 3.63) is 23.8 Å². The van der Waals surface area contributed by atoms with Gasteiger partial charge in [0, 0.05) is 38.5 Å². The molecule has 3 rings (SSSR count). The zero-order chi connectivity index (χ0) is 18.7. The molecular weight excluding hydrogens is 332 g/mol. The topological polar surface area (TPSA) is 66.9 Å². The standard InChI is InChI=1S/C20H26N2O4/c1-21(15-6-4-3-5-7-15)19(24)11-9-17(23)14-8-10-18-16(12-14)22(2)20(25)13-26-18/h8,10,12,15H,3-7,9,11,13H2,1-2H3. The van der Waals surface area contributed by atoms with Crippen molar-refractivity contribution in [3.63, 3.8) is 0 Å². The molecule has 2 amide bonds. The number of likely N-dealkylation sites (N-methyl/N-ethyl adjacent to an activating group) is 1. The number of carbonyl (C=O) groups is 3. The number of Topliss-reactive ketones (excluding diaryl/α,β-unsaturated/α-hetero) is 1. The van der Waals surface area contributed by atoms with E-state index in [1.54, 1.807) is 25.2 Å². The van der Waals surface area contributed by atoms with Crippen molar-refractivity contribution in [3.8, 4) is 5.75 Å². The Morgan fingerprint density at radius 1 is 1.19 bits per heavy atom. The molecule has 0 aromatic heterocycles. The molecule has 1 fully saturated rings. The molecule has 0 saturated heterocycles. The highest BCUT2D eigenvalue weighted by Gasteiger charge is 2.25. The first-order valence-corrected chi connectivity index (χ1v) is 9.29. The van der Waals surface area contributed by atoms with E-state index in [0.29, 0.717) is 23.0 Å². The molecule has 0 N–H and O–H groups in total. The summed E-state index contributed by atoms with van der Waals surface area (Å²) in [6.07, 6.45) is 6.09. The van der Waals surface area contributed by atoms with Crippen LogP contribution in [0.15, 0.2) is 18.2 Å². The lowest BCUT2D eigenvalue weighted by Gasteiger charge is -2.31. The SMILES string of the molecule is CN1C(=O)COc2ccc(C(=O)CCC(=O)N(C)C3CCCCC3)cc21. The second kappa shape index (κ2) is 7.89. The van der Waals surface area contributed by atoms with E-state index in [-0.39, 0.29) is 37.0 Å². The van der Waals surface area contributed by atoms with Crippen molar-refractivity contribution in [2.45, 2.75) is 51.0 Å². The summed E-state index contributed by atoms with van der Waals surface area (Å²) in [4.78, 5) is 40.0. The van der Waals surface area contributed by atoms with Crippen LogP contribution in [-0.4, -0.2) is 49.2 Å². The second-order valence-electron chi connectivity index (χ2n) is 7.14. The van der Waals surface area contributed by atoms with Crippen LogP contribution in [-0.2, 0) is 9.59 Å². The van der Waals surface area contributed by atoms with Crippen LogP contribution >= 0.6 is 0 Å². The van der Waals surface area contributed by atoms with Gasteiger partial charge in [-0.1, -0.05) is 19.3 Å². The number of carbonyl (C=O) groups excluding carboxylic acids is 3. The molecule has 0 unspecified atom stereocenters. The van der Waals surface area contributed by atoms with E-state index in [4.69, 9.17) is 4.74 Å². The number of rotatable bonds is 5. The first kappa shape index (κ1) is 18.4. The van der Waals surface area contributed by atoms with E-state index in [0.717, 1.165) is 12.8 Å². The van der Waals surface area contributed by atoms with Gasteiger partial charge in [-0.2, -0.15) is 0 Å². The predicted molar refractivity (Wildman–Crippen MR) is 98.6 cm³/mol. The largest absolute Gasteiger partial charge is 0.482 e. The highest BCUT2D eigenvalue weighted by atomic mass is 16.5. The van der Waals surface area contributed by atoms with Gasteiger partial charge in [0.2, 0.25) is 5.91 Å². The molecule has 6 heteroatoms. The minimum atomic E-state index is -0.147. The number of ether oxygens (including phenoxy) is 1. The smallest absolute Gasteiger partial charge is 0.264 e. The Morgan fingerprint density at radius 2 is 1.92 bits per heavy atom. The van der Waals surface area contributed by atoms with Crippen LogP contribution in [0.25, 0.3) is 0 Å². The lowest BCUT2D eigenvalue weighted by Crippen LogP contribution is -2.38. The molecule has 0 radical (unpaired) electrons. The molecule has 0 spiro atoms. The summed E-state index contributed by atoms with van der Waals surface area (Å²) < 4.78 is 5.37. The Morgan fingerprint density at radius 3 is 2.65 bits per heavy atom. The van der Waals surface area contributed by atoms with Gasteiger partial charge in [-0.25, -0.2) is 0 Å². The lowest BCUT2D eigenvalue weighted by atomic mass is 9.94. The maximum Gasteiger partial charge on any atom is 0.264 e. The number of amides is 2. The number of benzene rings is 1. The van der Waals surface area contributed by atoms with Gasteiger partial charge in [0.25, 0.3) is 5.91 Å². The summed E-state index contributed by atoms with van der Waals surface area (Å²) in [5, 5.41) is 0. The molecule has 1 aliphatic heterocycles. The number of fused-ring (bicyclic) bond motifs is 1. The Bertz CT molecular complexity index is 710. The highest BCUT2D eigenvalue weighted by Crippen LogP contribution is 2.32. The molecule has 1 aromatic carbocycles. The zero-order valence-corrected chi connectivity index (χ0v) is 15.5. The third-order valence-electron chi connectivity index (χ3n) is 5.45. The van der Waals surface area contributed by atoms with E-state index >= 15 is 0 Å². The molecular formula is C20H26N2O4. The molecule has 140 valence electrons. The summed E-state index contributed by atoms with van der Waals surface area (Å²) in [6, 6.07) is 5.39. The van der Waals surface area contributed by atoms with Crippen molar-refractivity contribution in [2.75, 3.05) is 25.6 Å². The van der Waals surface area contributed by atoms with Gasteiger partial charge in [0.1, 0.15) is 5.75 Å². The van der Waals surface area contributed by atoms with Gasteiger partial charge < -0.3 is 14.5 Å². The number of hydrogen-bond donors (Lipinski definition) is 0. The lowest BCUT2D eigenvalue weighted by molar-refractivity contribution is -0.132. The maximum absolute atomic E-state index is 12.5. The van der Waals surface area contributed by atoms with Gasteiger partial charge >= 0.3 is 0 Å². The molecule has 1 aromatic rings. The molecule has 6 nitrogen and oxygen atoms in total. The molecule has 26 heavy (non-hydrogen) atoms. The van der Waals surface area contributed by atoms with Crippen molar-refractivity contribution in [1.29, 1.82) is 0 Å². The van der Waals surface area contributed by atoms with Gasteiger partial charge in [0.05, 0.1) is 5.69 Å². The maximum atomic E-state index is 12.5. The van der Waals surface area contributed by atoms with Gasteiger partial charge in [-0.3, -0.25) is 14.4 Å². The average Bonchev–Trinajstić information content (AvgIpc) is 2.68. The van der Waals surface area contributed by atoms with Crippen molar-refractivity contribution in [1.82, 2.24) is 4.90 Å². The van der Waals surface area contributed by atoms with Crippen LogP contribution in [0.1, 0.15) is 55.3 Å². The quantitative estimate of drug-likeness (QED) is 0.759. The minimum Gasteiger partial charge on any atom is -0.482 e. The second-order valence-corrected chi connectivity index (χ2v) is 7.14. The molecule has 2 aliphatic rings. The monoisotopic (exact) mass is 358 g/mol. The molecule has 1 heterocycles. The number of hydrogen-bond acceptors (Lipinski definition) is 4. The Labute approximate surface area is 154 Å². The molecule has 0 bridgehead atoms. The fraction of sp³-hybridized carbons (Fsp3) is 0.550. The van der Waals surface area contributed by atoms with E-state index in [2.05, 4.69) is 0 Å². The third-order valence-corrected chi connectivity index (χ3v) is 5.45. The van der Waals surface area contributed by atoms with E-state index < -0.39 is 0 Å². The number of nitrogens with zero attached hydrogens (tertiary/aromatic N) is 2. The summed E-state index contributed by atoms with van der Waals surface area (Å²) in [7, 11) is 3.51. The fourth-order valence-electron chi connectivity index (χ4n) is 3.66. The van der Waals surface area contributed by atoms with E-state index in [1.165, 1.54) is 24.2 Å². The third kappa shape index (κ3) is 3.89. The van der Waals surface area contributed by atoms with Crippen LogP contribution in [0.2, 0.25) is 0 Å². The van der Waals surface area contributed by atoms with Crippen LogP contribution in [0.3, 0.4) is 0 Å². The zero-order valence-electron chi connectivity index (χ0n) is 15.5. The summed E-state index contributed by atoms with van der Waals surface area (Å²) >= 11 is 0. The van der Waals surface area contributed by atoms with Crippen LogP contribution in [0.5, 0.6) is 5.75 Å². The van der Waals surface area contributed by atoms with E-state index in [9.17, 15) is 14.4 Å².